The van der Waals surface area contributed by atoms with Crippen LogP contribution in [0.2, 0.25) is 0 Å². The van der Waals surface area contributed by atoms with Crippen molar-refractivity contribution in [1.82, 2.24) is 15.5 Å². The Morgan fingerprint density at radius 2 is 1.83 bits per heavy atom. The number of nitrogens with one attached hydrogen (secondary N) is 2. The van der Waals surface area contributed by atoms with Crippen LogP contribution >= 0.6 is 0 Å². The van der Waals surface area contributed by atoms with E-state index in [1.807, 2.05) is 13.1 Å². The van der Waals surface area contributed by atoms with Crippen molar-refractivity contribution in [3.63, 3.8) is 0 Å². The monoisotopic (exact) mass is 409 g/mol. The number of likely N-dealkylation sites (tertiary alicyclic amines) is 1. The van der Waals surface area contributed by atoms with E-state index in [0.29, 0.717) is 0 Å². The smallest absolute Gasteiger partial charge is 0.191 e. The summed E-state index contributed by atoms with van der Waals surface area (Å²) in [5, 5.41) is 7.10. The van der Waals surface area contributed by atoms with E-state index in [0.717, 1.165) is 31.4 Å². The highest BCUT2D eigenvalue weighted by Crippen LogP contribution is 2.26. The van der Waals surface area contributed by atoms with Crippen LogP contribution in [0.1, 0.15) is 56.0 Å². The summed E-state index contributed by atoms with van der Waals surface area (Å²) in [5.74, 6) is 1.84. The second-order valence-corrected chi connectivity index (χ2v) is 8.38. The van der Waals surface area contributed by atoms with E-state index in [1.165, 1.54) is 50.0 Å². The molecule has 3 heterocycles. The number of hydrogen-bond donors (Lipinski definition) is 2. The Morgan fingerprint density at radius 3 is 2.53 bits per heavy atom. The van der Waals surface area contributed by atoms with Crippen molar-refractivity contribution >= 4 is 11.6 Å². The van der Waals surface area contributed by atoms with Gasteiger partial charge in [0, 0.05) is 32.4 Å². The van der Waals surface area contributed by atoms with Crippen molar-refractivity contribution in [3.05, 3.63) is 54.0 Å². The second-order valence-electron chi connectivity index (χ2n) is 8.38. The van der Waals surface area contributed by atoms with Crippen LogP contribution in [-0.4, -0.2) is 50.6 Å². The van der Waals surface area contributed by atoms with E-state index < -0.39 is 0 Å². The van der Waals surface area contributed by atoms with Gasteiger partial charge in [0.1, 0.15) is 5.76 Å². The second kappa shape index (κ2) is 10.0. The molecule has 0 spiro atoms. The third-order valence-corrected chi connectivity index (χ3v) is 6.33. The molecular formula is C24H35N5O. The van der Waals surface area contributed by atoms with Gasteiger partial charge in [0.25, 0.3) is 0 Å². The number of furan rings is 1. The predicted octanol–water partition coefficient (Wildman–Crippen LogP) is 3.94. The first-order valence-electron chi connectivity index (χ1n) is 11.3. The van der Waals surface area contributed by atoms with Gasteiger partial charge in [0.05, 0.1) is 18.3 Å². The summed E-state index contributed by atoms with van der Waals surface area (Å²) < 4.78 is 5.74. The molecule has 2 unspecified atom stereocenters. The van der Waals surface area contributed by atoms with Crippen LogP contribution in [-0.2, 0) is 0 Å². The number of rotatable bonds is 7. The fourth-order valence-electron chi connectivity index (χ4n) is 4.59. The maximum absolute atomic E-state index is 5.74. The molecule has 2 fully saturated rings. The van der Waals surface area contributed by atoms with Gasteiger partial charge in [-0.15, -0.1) is 0 Å². The van der Waals surface area contributed by atoms with Gasteiger partial charge in [-0.3, -0.25) is 9.89 Å². The molecule has 2 saturated heterocycles. The standard InChI is InChI=1S/C24H35N5O/c1-19(20-9-7-10-21(17-20)28-12-3-4-13-28)27-24(25-2)26-18-22(23-11-8-16-30-23)29-14-5-6-15-29/h7-11,16-17,19,22H,3-6,12-15,18H2,1-2H3,(H2,25,26,27). The van der Waals surface area contributed by atoms with Gasteiger partial charge in [-0.25, -0.2) is 0 Å². The lowest BCUT2D eigenvalue weighted by atomic mass is 10.1. The fraction of sp³-hybridized carbons (Fsp3) is 0.542. The summed E-state index contributed by atoms with van der Waals surface area (Å²) in [7, 11) is 1.83. The number of aliphatic imine (C=N–C) groups is 1. The van der Waals surface area contributed by atoms with E-state index in [2.05, 4.69) is 62.7 Å². The molecule has 0 amide bonds. The Labute approximate surface area is 180 Å². The van der Waals surface area contributed by atoms with Crippen molar-refractivity contribution in [2.75, 3.05) is 44.7 Å². The summed E-state index contributed by atoms with van der Waals surface area (Å²) in [4.78, 5) is 9.45. The van der Waals surface area contributed by atoms with E-state index in [4.69, 9.17) is 4.42 Å². The SMILES string of the molecule is CN=C(NCC(c1ccco1)N1CCCC1)NC(C)c1cccc(N2CCCC2)c1. The Morgan fingerprint density at radius 1 is 1.07 bits per heavy atom. The highest BCUT2D eigenvalue weighted by Gasteiger charge is 2.26. The normalized spacial score (nSPS) is 19.8. The van der Waals surface area contributed by atoms with Crippen LogP contribution in [0, 0.1) is 0 Å². The van der Waals surface area contributed by atoms with E-state index in [1.54, 1.807) is 6.26 Å². The van der Waals surface area contributed by atoms with Crippen LogP contribution in [0.25, 0.3) is 0 Å². The maximum Gasteiger partial charge on any atom is 0.191 e. The van der Waals surface area contributed by atoms with Crippen LogP contribution in [0.5, 0.6) is 0 Å². The molecule has 0 radical (unpaired) electrons. The zero-order valence-corrected chi connectivity index (χ0v) is 18.3. The quantitative estimate of drug-likeness (QED) is 0.536. The van der Waals surface area contributed by atoms with Gasteiger partial charge in [0.15, 0.2) is 5.96 Å². The Balaban J connectivity index is 1.37. The van der Waals surface area contributed by atoms with Crippen molar-refractivity contribution in [3.8, 4) is 0 Å². The molecule has 162 valence electrons. The van der Waals surface area contributed by atoms with Gasteiger partial charge in [0.2, 0.25) is 0 Å². The first-order valence-corrected chi connectivity index (χ1v) is 11.3. The van der Waals surface area contributed by atoms with Crippen LogP contribution < -0.4 is 15.5 Å². The number of benzene rings is 1. The zero-order valence-electron chi connectivity index (χ0n) is 18.3. The van der Waals surface area contributed by atoms with Gasteiger partial charge in [-0.2, -0.15) is 0 Å². The van der Waals surface area contributed by atoms with E-state index >= 15 is 0 Å². The Bertz CT molecular complexity index is 807. The molecule has 0 aliphatic carbocycles. The number of anilines is 1. The minimum absolute atomic E-state index is 0.174. The number of hydrogen-bond acceptors (Lipinski definition) is 4. The molecule has 1 aromatic carbocycles. The van der Waals surface area contributed by atoms with Crippen molar-refractivity contribution in [1.29, 1.82) is 0 Å². The third-order valence-electron chi connectivity index (χ3n) is 6.33. The van der Waals surface area contributed by atoms with Crippen molar-refractivity contribution in [2.45, 2.75) is 44.7 Å². The fourth-order valence-corrected chi connectivity index (χ4v) is 4.59. The Hall–Kier alpha value is -2.47. The van der Waals surface area contributed by atoms with E-state index in [9.17, 15) is 0 Å². The highest BCUT2D eigenvalue weighted by atomic mass is 16.3. The number of guanidine groups is 1. The average molecular weight is 410 g/mol. The van der Waals surface area contributed by atoms with Crippen LogP contribution in [0.3, 0.4) is 0 Å². The van der Waals surface area contributed by atoms with Crippen LogP contribution in [0.15, 0.2) is 52.1 Å². The molecule has 1 aromatic heterocycles. The number of nitrogens with zero attached hydrogens (tertiary/aromatic N) is 3. The molecule has 2 aliphatic rings. The molecule has 6 heteroatoms. The summed E-state index contributed by atoms with van der Waals surface area (Å²) >= 11 is 0. The van der Waals surface area contributed by atoms with Gasteiger partial charge < -0.3 is 20.0 Å². The molecule has 4 rings (SSSR count). The summed E-state index contributed by atoms with van der Waals surface area (Å²) in [6, 6.07) is 13.3. The minimum atomic E-state index is 0.174. The molecule has 2 atom stereocenters. The van der Waals surface area contributed by atoms with Gasteiger partial charge in [-0.05, 0) is 75.5 Å². The summed E-state index contributed by atoms with van der Waals surface area (Å²) in [6.45, 7) is 7.55. The zero-order chi connectivity index (χ0) is 20.8. The maximum atomic E-state index is 5.74. The van der Waals surface area contributed by atoms with Crippen LogP contribution in [0.4, 0.5) is 5.69 Å². The third kappa shape index (κ3) is 4.98. The lowest BCUT2D eigenvalue weighted by Crippen LogP contribution is -2.43. The molecule has 2 aliphatic heterocycles. The molecule has 6 nitrogen and oxygen atoms in total. The summed E-state index contributed by atoms with van der Waals surface area (Å²) in [6.07, 6.45) is 6.87. The molecule has 30 heavy (non-hydrogen) atoms. The van der Waals surface area contributed by atoms with Crippen molar-refractivity contribution < 1.29 is 4.42 Å². The lowest BCUT2D eigenvalue weighted by molar-refractivity contribution is 0.215. The highest BCUT2D eigenvalue weighted by molar-refractivity contribution is 5.80. The summed E-state index contributed by atoms with van der Waals surface area (Å²) in [5.41, 5.74) is 2.61. The molecule has 2 N–H and O–H groups in total. The molecule has 2 aromatic rings. The lowest BCUT2D eigenvalue weighted by Gasteiger charge is -2.27. The molecule has 0 bridgehead atoms. The topological polar surface area (TPSA) is 56.0 Å². The predicted molar refractivity (Wildman–Crippen MR) is 123 cm³/mol. The minimum Gasteiger partial charge on any atom is -0.468 e. The molecular weight excluding hydrogens is 374 g/mol. The first kappa shape index (κ1) is 20.8. The average Bonchev–Trinajstić information content (AvgIpc) is 3.57. The first-order chi connectivity index (χ1) is 14.7. The van der Waals surface area contributed by atoms with E-state index in [-0.39, 0.29) is 12.1 Å². The van der Waals surface area contributed by atoms with Crippen molar-refractivity contribution in [2.24, 2.45) is 4.99 Å². The molecule has 0 saturated carbocycles. The van der Waals surface area contributed by atoms with Gasteiger partial charge >= 0.3 is 0 Å². The largest absolute Gasteiger partial charge is 0.468 e. The van der Waals surface area contributed by atoms with Gasteiger partial charge in [-0.1, -0.05) is 12.1 Å². The Kier molecular flexibility index (Phi) is 6.95.